The Labute approximate surface area is 166 Å². The van der Waals surface area contributed by atoms with Crippen LogP contribution in [-0.2, 0) is 4.43 Å². The van der Waals surface area contributed by atoms with Gasteiger partial charge in [0.05, 0.1) is 6.61 Å². The van der Waals surface area contributed by atoms with Crippen molar-refractivity contribution in [1.29, 1.82) is 0 Å². The molecule has 0 fully saturated rings. The van der Waals surface area contributed by atoms with Gasteiger partial charge < -0.3 is 4.43 Å². The molecule has 0 unspecified atom stereocenters. The van der Waals surface area contributed by atoms with Gasteiger partial charge in [-0.25, -0.2) is 0 Å². The molecule has 0 saturated heterocycles. The van der Waals surface area contributed by atoms with Crippen LogP contribution in [0.2, 0.25) is 5.04 Å². The van der Waals surface area contributed by atoms with Gasteiger partial charge in [-0.15, -0.1) is 5.73 Å². The van der Waals surface area contributed by atoms with E-state index in [-0.39, 0.29) is 5.04 Å². The minimum atomic E-state index is -2.45. The lowest BCUT2D eigenvalue weighted by atomic mass is 10.1. The van der Waals surface area contributed by atoms with Gasteiger partial charge in [0.1, 0.15) is 0 Å². The standard InChI is InChI=1S/C25H34OSi/c1-21(2)14-13-15-22(3)20-26-27(25(4,5)6,23-16-9-7-10-17-23)24-18-11-8-12-19-24/h7-13,16-19,21H,14,20H2,1-6H3. The number of benzene rings is 2. The minimum absolute atomic E-state index is 0.0115. The molecular formula is C25H34OSi. The smallest absolute Gasteiger partial charge is 0.261 e. The molecule has 2 aromatic carbocycles. The van der Waals surface area contributed by atoms with E-state index in [2.05, 4.69) is 114 Å². The molecule has 0 heterocycles. The summed E-state index contributed by atoms with van der Waals surface area (Å²) in [6.07, 6.45) is 3.20. The Kier molecular flexibility index (Phi) is 7.44. The fourth-order valence-electron chi connectivity index (χ4n) is 3.49. The number of rotatable bonds is 7. The fourth-order valence-corrected chi connectivity index (χ4v) is 8.08. The van der Waals surface area contributed by atoms with Crippen LogP contribution in [-0.4, -0.2) is 14.9 Å². The highest BCUT2D eigenvalue weighted by atomic mass is 28.4. The molecule has 0 spiro atoms. The Morgan fingerprint density at radius 3 is 1.85 bits per heavy atom. The molecule has 0 radical (unpaired) electrons. The predicted octanol–water partition coefficient (Wildman–Crippen LogP) is 5.71. The monoisotopic (exact) mass is 378 g/mol. The minimum Gasteiger partial charge on any atom is -0.403 e. The third kappa shape index (κ3) is 5.32. The van der Waals surface area contributed by atoms with E-state index in [0.717, 1.165) is 12.0 Å². The van der Waals surface area contributed by atoms with Crippen molar-refractivity contribution in [3.05, 3.63) is 78.0 Å². The second-order valence-electron chi connectivity index (χ2n) is 8.71. The van der Waals surface area contributed by atoms with E-state index in [1.807, 2.05) is 0 Å². The SMILES string of the molecule is CC(=C=CCC(C)C)CO[Si](c1ccccc1)(c1ccccc1)C(C)(C)C. The van der Waals surface area contributed by atoms with E-state index in [1.165, 1.54) is 10.4 Å². The van der Waals surface area contributed by atoms with E-state index < -0.39 is 8.32 Å². The zero-order valence-corrected chi connectivity index (χ0v) is 18.8. The van der Waals surface area contributed by atoms with E-state index in [1.54, 1.807) is 0 Å². The maximum atomic E-state index is 6.90. The number of hydrogen-bond acceptors (Lipinski definition) is 1. The molecule has 0 amide bonds. The first kappa shape index (κ1) is 21.4. The van der Waals surface area contributed by atoms with Crippen molar-refractivity contribution in [3.8, 4) is 0 Å². The second-order valence-corrected chi connectivity index (χ2v) is 13.0. The normalized spacial score (nSPS) is 12.0. The number of hydrogen-bond donors (Lipinski definition) is 0. The summed E-state index contributed by atoms with van der Waals surface area (Å²) in [4.78, 5) is 0. The molecule has 2 heteroatoms. The molecule has 0 bridgehead atoms. The van der Waals surface area contributed by atoms with Gasteiger partial charge in [-0.1, -0.05) is 95.3 Å². The third-order valence-corrected chi connectivity index (χ3v) is 9.84. The summed E-state index contributed by atoms with van der Waals surface area (Å²) < 4.78 is 6.90. The van der Waals surface area contributed by atoms with Crippen molar-refractivity contribution in [3.63, 3.8) is 0 Å². The Hall–Kier alpha value is -1.86. The molecule has 0 aromatic heterocycles. The third-order valence-electron chi connectivity index (χ3n) is 4.86. The van der Waals surface area contributed by atoms with Gasteiger partial charge in [-0.3, -0.25) is 0 Å². The van der Waals surface area contributed by atoms with Crippen LogP contribution >= 0.6 is 0 Å². The molecule has 0 atom stereocenters. The maximum Gasteiger partial charge on any atom is 0.261 e. The first-order valence-corrected chi connectivity index (χ1v) is 11.8. The van der Waals surface area contributed by atoms with Crippen LogP contribution in [0.25, 0.3) is 0 Å². The Morgan fingerprint density at radius 2 is 1.44 bits per heavy atom. The highest BCUT2D eigenvalue weighted by Crippen LogP contribution is 2.36. The lowest BCUT2D eigenvalue weighted by Crippen LogP contribution is -2.66. The molecule has 0 N–H and O–H groups in total. The van der Waals surface area contributed by atoms with Crippen LogP contribution in [0.4, 0.5) is 0 Å². The first-order valence-electron chi connectivity index (χ1n) is 9.93. The Bertz CT molecular complexity index is 723. The summed E-state index contributed by atoms with van der Waals surface area (Å²) in [6.45, 7) is 14.1. The second kappa shape index (κ2) is 9.37. The predicted molar refractivity (Wildman–Crippen MR) is 120 cm³/mol. The summed E-state index contributed by atoms with van der Waals surface area (Å²) in [5.74, 6) is 0.655. The van der Waals surface area contributed by atoms with Gasteiger partial charge in [0.25, 0.3) is 8.32 Å². The summed E-state index contributed by atoms with van der Waals surface area (Å²) in [6, 6.07) is 21.6. The van der Waals surface area contributed by atoms with Crippen LogP contribution < -0.4 is 10.4 Å². The zero-order chi connectivity index (χ0) is 19.9. The average molecular weight is 379 g/mol. The molecule has 0 aliphatic heterocycles. The summed E-state index contributed by atoms with van der Waals surface area (Å²) in [5.41, 5.74) is 4.59. The van der Waals surface area contributed by atoms with Gasteiger partial charge in [0.2, 0.25) is 0 Å². The van der Waals surface area contributed by atoms with E-state index >= 15 is 0 Å². The molecule has 144 valence electrons. The zero-order valence-electron chi connectivity index (χ0n) is 17.8. The molecular weight excluding hydrogens is 344 g/mol. The average Bonchev–Trinajstić information content (AvgIpc) is 2.62. The molecule has 2 rings (SSSR count). The quantitative estimate of drug-likeness (QED) is 0.443. The molecule has 0 aliphatic carbocycles. The van der Waals surface area contributed by atoms with Crippen molar-refractivity contribution < 1.29 is 4.43 Å². The molecule has 0 saturated carbocycles. The van der Waals surface area contributed by atoms with Gasteiger partial charge in [-0.05, 0) is 46.3 Å². The first-order chi connectivity index (χ1) is 12.8. The topological polar surface area (TPSA) is 9.23 Å². The molecule has 27 heavy (non-hydrogen) atoms. The Morgan fingerprint density at radius 1 is 0.963 bits per heavy atom. The van der Waals surface area contributed by atoms with Crippen LogP contribution in [0, 0.1) is 5.92 Å². The van der Waals surface area contributed by atoms with Crippen molar-refractivity contribution >= 4 is 18.7 Å². The highest BCUT2D eigenvalue weighted by Gasteiger charge is 2.50. The molecule has 1 nitrogen and oxygen atoms in total. The van der Waals surface area contributed by atoms with E-state index in [9.17, 15) is 0 Å². The van der Waals surface area contributed by atoms with Crippen molar-refractivity contribution in [2.45, 2.75) is 53.0 Å². The fraction of sp³-hybridized carbons (Fsp3) is 0.400. The van der Waals surface area contributed by atoms with Crippen LogP contribution in [0.1, 0.15) is 48.0 Å². The highest BCUT2D eigenvalue weighted by molar-refractivity contribution is 6.99. The van der Waals surface area contributed by atoms with Crippen molar-refractivity contribution in [2.24, 2.45) is 5.92 Å². The summed E-state index contributed by atoms with van der Waals surface area (Å²) in [7, 11) is -2.45. The summed E-state index contributed by atoms with van der Waals surface area (Å²) in [5, 5.41) is 2.66. The van der Waals surface area contributed by atoms with Gasteiger partial charge in [-0.2, -0.15) is 0 Å². The van der Waals surface area contributed by atoms with Gasteiger partial charge in [0.15, 0.2) is 0 Å². The molecule has 0 aliphatic rings. The largest absolute Gasteiger partial charge is 0.403 e. The van der Waals surface area contributed by atoms with Crippen molar-refractivity contribution in [1.82, 2.24) is 0 Å². The lowest BCUT2D eigenvalue weighted by Gasteiger charge is -2.43. The molecule has 2 aromatic rings. The summed E-state index contributed by atoms with van der Waals surface area (Å²) >= 11 is 0. The Balaban J connectivity index is 2.48. The van der Waals surface area contributed by atoms with Gasteiger partial charge in [0, 0.05) is 0 Å². The van der Waals surface area contributed by atoms with Gasteiger partial charge >= 0.3 is 0 Å². The van der Waals surface area contributed by atoms with Crippen LogP contribution in [0.15, 0.2) is 78.0 Å². The maximum absolute atomic E-state index is 6.90. The van der Waals surface area contributed by atoms with E-state index in [0.29, 0.717) is 12.5 Å². The van der Waals surface area contributed by atoms with Crippen LogP contribution in [0.3, 0.4) is 0 Å². The van der Waals surface area contributed by atoms with E-state index in [4.69, 9.17) is 4.43 Å². The van der Waals surface area contributed by atoms with Crippen molar-refractivity contribution in [2.75, 3.05) is 6.61 Å². The van der Waals surface area contributed by atoms with Crippen LogP contribution in [0.5, 0.6) is 0 Å². The lowest BCUT2D eigenvalue weighted by molar-refractivity contribution is 0.330.